The van der Waals surface area contributed by atoms with E-state index in [9.17, 15) is 24.3 Å². The molecule has 3 aromatic rings. The minimum atomic E-state index is -2.26. The van der Waals surface area contributed by atoms with Crippen LogP contribution in [0.2, 0.25) is 0 Å². The standard InChI is InChI=1S/C29H22O9/c1-35-29(38-28(34)21-15-9-4-10-16-21)18-22(25(30)31)17-23(36-26(32)19-11-5-2-6-12-19)24(29)37-27(33)20-13-7-3-8-14-20/h2-17H,18H2,1H3,(H,30,31). The average molecular weight is 514 g/mol. The van der Waals surface area contributed by atoms with Crippen molar-refractivity contribution in [3.8, 4) is 0 Å². The van der Waals surface area contributed by atoms with E-state index < -0.39 is 47.6 Å². The van der Waals surface area contributed by atoms with E-state index in [0.29, 0.717) is 0 Å². The molecule has 0 heterocycles. The third kappa shape index (κ3) is 5.69. The number of allylic oxidation sites excluding steroid dienone is 1. The third-order valence-corrected chi connectivity index (χ3v) is 5.59. The predicted octanol–water partition coefficient (Wildman–Crippen LogP) is 4.53. The molecule has 0 saturated carbocycles. The third-order valence-electron chi connectivity index (χ3n) is 5.59. The number of rotatable bonds is 8. The summed E-state index contributed by atoms with van der Waals surface area (Å²) in [7, 11) is 1.15. The Kier molecular flexibility index (Phi) is 7.79. The summed E-state index contributed by atoms with van der Waals surface area (Å²) in [6.45, 7) is 0. The molecule has 0 saturated heterocycles. The van der Waals surface area contributed by atoms with Gasteiger partial charge in [-0.2, -0.15) is 0 Å². The van der Waals surface area contributed by atoms with Gasteiger partial charge >= 0.3 is 23.9 Å². The zero-order valence-electron chi connectivity index (χ0n) is 20.2. The highest BCUT2D eigenvalue weighted by Gasteiger charge is 2.49. The fraction of sp³-hybridized carbons (Fsp3) is 0.103. The maximum absolute atomic E-state index is 13.1. The van der Waals surface area contributed by atoms with Crippen molar-refractivity contribution in [2.24, 2.45) is 0 Å². The molecule has 0 radical (unpaired) electrons. The van der Waals surface area contributed by atoms with Crippen molar-refractivity contribution in [1.82, 2.24) is 0 Å². The first-order valence-electron chi connectivity index (χ1n) is 11.4. The number of ether oxygens (including phenoxy) is 4. The molecule has 0 aliphatic heterocycles. The summed E-state index contributed by atoms with van der Waals surface area (Å²) in [5.74, 6) is -7.23. The van der Waals surface area contributed by atoms with Gasteiger partial charge in [0.15, 0.2) is 5.76 Å². The van der Waals surface area contributed by atoms with Gasteiger partial charge in [0.25, 0.3) is 5.79 Å². The van der Waals surface area contributed by atoms with Crippen LogP contribution in [0.3, 0.4) is 0 Å². The van der Waals surface area contributed by atoms with Crippen LogP contribution in [0.5, 0.6) is 0 Å². The van der Waals surface area contributed by atoms with Crippen molar-refractivity contribution in [3.05, 3.63) is 131 Å². The molecule has 38 heavy (non-hydrogen) atoms. The van der Waals surface area contributed by atoms with E-state index in [1.165, 1.54) is 36.4 Å². The van der Waals surface area contributed by atoms with Crippen LogP contribution in [0.25, 0.3) is 0 Å². The van der Waals surface area contributed by atoms with Crippen molar-refractivity contribution < 1.29 is 43.2 Å². The summed E-state index contributed by atoms with van der Waals surface area (Å²) in [4.78, 5) is 51.1. The van der Waals surface area contributed by atoms with Gasteiger partial charge in [-0.1, -0.05) is 54.6 Å². The van der Waals surface area contributed by atoms with Crippen LogP contribution >= 0.6 is 0 Å². The van der Waals surface area contributed by atoms with Crippen LogP contribution in [0, 0.1) is 0 Å². The molecule has 0 amide bonds. The lowest BCUT2D eigenvalue weighted by molar-refractivity contribution is -0.184. The molecule has 1 atom stereocenters. The summed E-state index contributed by atoms with van der Waals surface area (Å²) in [6.07, 6.45) is 0.492. The topological polar surface area (TPSA) is 125 Å². The highest BCUT2D eigenvalue weighted by atomic mass is 16.7. The number of carboxylic acids is 1. The Morgan fingerprint density at radius 2 is 1.13 bits per heavy atom. The van der Waals surface area contributed by atoms with E-state index in [1.54, 1.807) is 54.6 Å². The number of benzene rings is 3. The molecule has 0 aromatic heterocycles. The normalized spacial score (nSPS) is 16.7. The quantitative estimate of drug-likeness (QED) is 0.262. The Morgan fingerprint density at radius 3 is 1.58 bits per heavy atom. The summed E-state index contributed by atoms with van der Waals surface area (Å²) < 4.78 is 22.3. The van der Waals surface area contributed by atoms with Gasteiger partial charge in [-0.3, -0.25) is 0 Å². The first-order valence-corrected chi connectivity index (χ1v) is 11.4. The Hall–Kier alpha value is -5.02. The monoisotopic (exact) mass is 514 g/mol. The molecule has 0 bridgehead atoms. The zero-order valence-corrected chi connectivity index (χ0v) is 20.2. The molecule has 4 rings (SSSR count). The lowest BCUT2D eigenvalue weighted by atomic mass is 9.95. The zero-order chi connectivity index (χ0) is 27.1. The van der Waals surface area contributed by atoms with E-state index in [4.69, 9.17) is 18.9 Å². The smallest absolute Gasteiger partial charge is 0.343 e. The van der Waals surface area contributed by atoms with Gasteiger partial charge in [0.05, 0.1) is 23.1 Å². The van der Waals surface area contributed by atoms with Crippen molar-refractivity contribution in [3.63, 3.8) is 0 Å². The van der Waals surface area contributed by atoms with Gasteiger partial charge in [-0.05, 0) is 42.5 Å². The number of carbonyl (C=O) groups excluding carboxylic acids is 3. The lowest BCUT2D eigenvalue weighted by Crippen LogP contribution is -2.44. The minimum absolute atomic E-state index is 0.131. The van der Waals surface area contributed by atoms with Crippen LogP contribution in [-0.2, 0) is 23.7 Å². The van der Waals surface area contributed by atoms with E-state index in [-0.39, 0.29) is 22.3 Å². The summed E-state index contributed by atoms with van der Waals surface area (Å²) >= 11 is 0. The van der Waals surface area contributed by atoms with Crippen molar-refractivity contribution in [1.29, 1.82) is 0 Å². The van der Waals surface area contributed by atoms with Crippen molar-refractivity contribution in [2.45, 2.75) is 12.2 Å². The molecule has 192 valence electrons. The second-order valence-electron chi connectivity index (χ2n) is 8.07. The van der Waals surface area contributed by atoms with Crippen LogP contribution in [0.1, 0.15) is 37.5 Å². The largest absolute Gasteiger partial charge is 0.478 e. The Labute approximate surface area is 217 Å². The molecule has 1 aliphatic rings. The molecule has 9 heteroatoms. The molecule has 9 nitrogen and oxygen atoms in total. The van der Waals surface area contributed by atoms with Gasteiger partial charge in [-0.15, -0.1) is 0 Å². The number of hydrogen-bond donors (Lipinski definition) is 1. The maximum Gasteiger partial charge on any atom is 0.343 e. The van der Waals surface area contributed by atoms with Crippen LogP contribution in [0.15, 0.2) is 114 Å². The average Bonchev–Trinajstić information content (AvgIpc) is 2.95. The summed E-state index contributed by atoms with van der Waals surface area (Å²) in [5.41, 5.74) is 0.102. The van der Waals surface area contributed by atoms with Gasteiger partial charge < -0.3 is 24.1 Å². The van der Waals surface area contributed by atoms with Gasteiger partial charge in [0, 0.05) is 12.7 Å². The van der Waals surface area contributed by atoms with Gasteiger partial charge in [-0.25, -0.2) is 19.2 Å². The molecular weight excluding hydrogens is 492 g/mol. The molecular formula is C29H22O9. The second kappa shape index (κ2) is 11.4. The number of carboxylic acid groups (broad SMARTS) is 1. The van der Waals surface area contributed by atoms with E-state index in [0.717, 1.165) is 13.2 Å². The molecule has 1 N–H and O–H groups in total. The van der Waals surface area contributed by atoms with Crippen LogP contribution in [-0.4, -0.2) is 41.9 Å². The van der Waals surface area contributed by atoms with Crippen LogP contribution < -0.4 is 0 Å². The van der Waals surface area contributed by atoms with Crippen molar-refractivity contribution in [2.75, 3.05) is 7.11 Å². The Balaban J connectivity index is 1.83. The molecule has 0 fully saturated rings. The maximum atomic E-state index is 13.1. The minimum Gasteiger partial charge on any atom is -0.478 e. The van der Waals surface area contributed by atoms with Crippen LogP contribution in [0.4, 0.5) is 0 Å². The highest BCUT2D eigenvalue weighted by molar-refractivity contribution is 5.94. The number of aliphatic carboxylic acids is 1. The predicted molar refractivity (Wildman–Crippen MR) is 133 cm³/mol. The second-order valence-corrected chi connectivity index (χ2v) is 8.07. The van der Waals surface area contributed by atoms with E-state index in [2.05, 4.69) is 0 Å². The fourth-order valence-electron chi connectivity index (χ4n) is 3.67. The number of carbonyl (C=O) groups is 4. The summed E-state index contributed by atoms with van der Waals surface area (Å²) in [6, 6.07) is 23.7. The molecule has 1 aliphatic carbocycles. The SMILES string of the molecule is COC1(OC(=O)c2ccccc2)CC(C(=O)O)=CC(OC(=O)c2ccccc2)=C1OC(=O)c1ccccc1. The first-order chi connectivity index (χ1) is 18.3. The Morgan fingerprint density at radius 1 is 0.684 bits per heavy atom. The Bertz CT molecular complexity index is 1410. The highest BCUT2D eigenvalue weighted by Crippen LogP contribution is 2.40. The fourth-order valence-corrected chi connectivity index (χ4v) is 3.67. The number of hydrogen-bond acceptors (Lipinski definition) is 8. The van der Waals surface area contributed by atoms with Gasteiger partial charge in [0.2, 0.25) is 5.76 Å². The summed E-state index contributed by atoms with van der Waals surface area (Å²) in [5, 5.41) is 9.80. The van der Waals surface area contributed by atoms with E-state index >= 15 is 0 Å². The van der Waals surface area contributed by atoms with E-state index in [1.807, 2.05) is 0 Å². The molecule has 3 aromatic carbocycles. The van der Waals surface area contributed by atoms with Gasteiger partial charge in [0.1, 0.15) is 0 Å². The number of methoxy groups -OCH3 is 1. The van der Waals surface area contributed by atoms with Crippen molar-refractivity contribution >= 4 is 23.9 Å². The lowest BCUT2D eigenvalue weighted by Gasteiger charge is -2.36. The molecule has 0 spiro atoms. The first kappa shape index (κ1) is 26.1. The number of esters is 3. The molecule has 1 unspecified atom stereocenters.